The van der Waals surface area contributed by atoms with Crippen molar-refractivity contribution in [1.29, 1.82) is 0 Å². The first-order valence-electron chi connectivity index (χ1n) is 10.4. The van der Waals surface area contributed by atoms with E-state index in [0.29, 0.717) is 13.1 Å². The number of rotatable bonds is 7. The van der Waals surface area contributed by atoms with E-state index < -0.39 is 0 Å². The molecule has 0 radical (unpaired) electrons. The van der Waals surface area contributed by atoms with Crippen molar-refractivity contribution in [3.63, 3.8) is 0 Å². The minimum absolute atomic E-state index is 0. The van der Waals surface area contributed by atoms with Crippen molar-refractivity contribution in [3.05, 3.63) is 59.5 Å². The molecule has 2 N–H and O–H groups in total. The minimum atomic E-state index is -0.223. The topological polar surface area (TPSA) is 55.8 Å². The van der Waals surface area contributed by atoms with Crippen molar-refractivity contribution >= 4 is 35.8 Å². The van der Waals surface area contributed by atoms with Gasteiger partial charge in [0.1, 0.15) is 11.6 Å². The van der Waals surface area contributed by atoms with Crippen LogP contribution < -0.4 is 15.5 Å². The molecule has 3 rings (SSSR count). The highest BCUT2D eigenvalue weighted by atomic mass is 127. The van der Waals surface area contributed by atoms with Crippen LogP contribution in [0.2, 0.25) is 0 Å². The zero-order valence-electron chi connectivity index (χ0n) is 17.8. The molecule has 0 amide bonds. The molecule has 1 aromatic heterocycles. The third kappa shape index (κ3) is 7.39. The van der Waals surface area contributed by atoms with Crippen LogP contribution in [0.5, 0.6) is 0 Å². The van der Waals surface area contributed by atoms with E-state index in [9.17, 15) is 4.39 Å². The van der Waals surface area contributed by atoms with Gasteiger partial charge in [0.25, 0.3) is 0 Å². The van der Waals surface area contributed by atoms with Gasteiger partial charge < -0.3 is 20.4 Å². The Bertz CT molecular complexity index is 790. The SMILES string of the molecule is CCNC(=NCc1ccnc(N2CCN(CC)CC2)c1)NCc1ccc(F)cc1.I. The van der Waals surface area contributed by atoms with Gasteiger partial charge in [-0.2, -0.15) is 0 Å². The number of pyridine rings is 1. The molecule has 1 fully saturated rings. The first-order chi connectivity index (χ1) is 14.2. The largest absolute Gasteiger partial charge is 0.357 e. The second-order valence-electron chi connectivity index (χ2n) is 7.12. The molecule has 0 spiro atoms. The van der Waals surface area contributed by atoms with Crippen LogP contribution in [0.25, 0.3) is 0 Å². The summed E-state index contributed by atoms with van der Waals surface area (Å²) in [5.74, 6) is 1.54. The maximum atomic E-state index is 13.1. The number of aliphatic imine (C=N–C) groups is 1. The lowest BCUT2D eigenvalue weighted by atomic mass is 10.2. The first kappa shape index (κ1) is 24.3. The quantitative estimate of drug-likeness (QED) is 0.330. The number of aromatic nitrogens is 1. The van der Waals surface area contributed by atoms with Crippen molar-refractivity contribution in [1.82, 2.24) is 20.5 Å². The molecule has 8 heteroatoms. The van der Waals surface area contributed by atoms with Crippen LogP contribution in [-0.4, -0.2) is 55.1 Å². The molecule has 1 saturated heterocycles. The summed E-state index contributed by atoms with van der Waals surface area (Å²) in [6, 6.07) is 10.6. The van der Waals surface area contributed by atoms with Crippen molar-refractivity contribution in [2.75, 3.05) is 44.2 Å². The minimum Gasteiger partial charge on any atom is -0.357 e. The standard InChI is InChI=1S/C22H31FN6.HI/c1-3-24-22(26-16-18-5-7-20(23)8-6-18)27-17-19-9-10-25-21(15-19)29-13-11-28(4-2)12-14-29;/h5-10,15H,3-4,11-14,16-17H2,1-2H3,(H2,24,26,27);1H. The van der Waals surface area contributed by atoms with Gasteiger partial charge >= 0.3 is 0 Å². The predicted molar refractivity (Wildman–Crippen MR) is 132 cm³/mol. The van der Waals surface area contributed by atoms with Gasteiger partial charge in [-0.3, -0.25) is 0 Å². The summed E-state index contributed by atoms with van der Waals surface area (Å²) < 4.78 is 13.1. The molecule has 0 unspecified atom stereocenters. The Morgan fingerprint density at radius 1 is 1.03 bits per heavy atom. The van der Waals surface area contributed by atoms with Crippen LogP contribution in [0.15, 0.2) is 47.6 Å². The summed E-state index contributed by atoms with van der Waals surface area (Å²) in [7, 11) is 0. The molecule has 1 aliphatic heterocycles. The van der Waals surface area contributed by atoms with Crippen molar-refractivity contribution in [3.8, 4) is 0 Å². The Morgan fingerprint density at radius 3 is 2.43 bits per heavy atom. The van der Waals surface area contributed by atoms with E-state index >= 15 is 0 Å². The van der Waals surface area contributed by atoms with Gasteiger partial charge in [-0.1, -0.05) is 19.1 Å². The maximum absolute atomic E-state index is 13.1. The van der Waals surface area contributed by atoms with E-state index in [1.807, 2.05) is 19.2 Å². The molecule has 164 valence electrons. The van der Waals surface area contributed by atoms with Gasteiger partial charge in [-0.15, -0.1) is 24.0 Å². The Balaban J connectivity index is 0.00000320. The van der Waals surface area contributed by atoms with E-state index in [4.69, 9.17) is 4.99 Å². The van der Waals surface area contributed by atoms with Gasteiger partial charge in [-0.25, -0.2) is 14.4 Å². The molecule has 0 atom stereocenters. The average Bonchev–Trinajstić information content (AvgIpc) is 2.77. The summed E-state index contributed by atoms with van der Waals surface area (Å²) in [5.41, 5.74) is 2.14. The number of nitrogens with one attached hydrogen (secondary N) is 2. The maximum Gasteiger partial charge on any atom is 0.191 e. The van der Waals surface area contributed by atoms with Crippen molar-refractivity contribution in [2.24, 2.45) is 4.99 Å². The number of hydrogen-bond donors (Lipinski definition) is 2. The monoisotopic (exact) mass is 526 g/mol. The fourth-order valence-corrected chi connectivity index (χ4v) is 3.33. The van der Waals surface area contributed by atoms with Crippen LogP contribution in [0.4, 0.5) is 10.2 Å². The van der Waals surface area contributed by atoms with E-state index in [-0.39, 0.29) is 29.8 Å². The highest BCUT2D eigenvalue weighted by molar-refractivity contribution is 14.0. The molecule has 0 aliphatic carbocycles. The van der Waals surface area contributed by atoms with Crippen molar-refractivity contribution in [2.45, 2.75) is 26.9 Å². The summed E-state index contributed by atoms with van der Waals surface area (Å²) in [4.78, 5) is 14.1. The zero-order valence-corrected chi connectivity index (χ0v) is 20.1. The molecule has 0 bridgehead atoms. The fourth-order valence-electron chi connectivity index (χ4n) is 3.33. The second kappa shape index (κ2) is 12.7. The van der Waals surface area contributed by atoms with E-state index in [1.54, 1.807) is 12.1 Å². The molecule has 2 heterocycles. The molecular formula is C22H32FIN6. The fraction of sp³-hybridized carbons (Fsp3) is 0.455. The normalized spacial score (nSPS) is 14.9. The molecule has 0 saturated carbocycles. The number of hydrogen-bond acceptors (Lipinski definition) is 4. The molecular weight excluding hydrogens is 494 g/mol. The summed E-state index contributed by atoms with van der Waals surface area (Å²) in [6.07, 6.45) is 1.87. The zero-order chi connectivity index (χ0) is 20.5. The Labute approximate surface area is 196 Å². The summed E-state index contributed by atoms with van der Waals surface area (Å²) >= 11 is 0. The van der Waals surface area contributed by atoms with Gasteiger partial charge in [-0.05, 0) is 48.9 Å². The lowest BCUT2D eigenvalue weighted by Crippen LogP contribution is -2.46. The average molecular weight is 526 g/mol. The number of guanidine groups is 1. The Morgan fingerprint density at radius 2 is 1.77 bits per heavy atom. The van der Waals surface area contributed by atoms with Crippen LogP contribution >= 0.6 is 24.0 Å². The van der Waals surface area contributed by atoms with Crippen LogP contribution in [0.3, 0.4) is 0 Å². The Kier molecular flexibility index (Phi) is 10.3. The van der Waals surface area contributed by atoms with Crippen LogP contribution in [-0.2, 0) is 13.1 Å². The predicted octanol–water partition coefficient (Wildman–Crippen LogP) is 3.24. The number of anilines is 1. The van der Waals surface area contributed by atoms with Crippen molar-refractivity contribution < 1.29 is 4.39 Å². The number of piperazine rings is 1. The molecule has 1 aliphatic rings. The third-order valence-electron chi connectivity index (χ3n) is 5.09. The molecule has 1 aromatic carbocycles. The second-order valence-corrected chi connectivity index (χ2v) is 7.12. The molecule has 2 aromatic rings. The number of nitrogens with zero attached hydrogens (tertiary/aromatic N) is 4. The number of likely N-dealkylation sites (N-methyl/N-ethyl adjacent to an activating group) is 1. The molecule has 30 heavy (non-hydrogen) atoms. The third-order valence-corrected chi connectivity index (χ3v) is 5.09. The van der Waals surface area contributed by atoms with Gasteiger partial charge in [0, 0.05) is 45.5 Å². The summed E-state index contributed by atoms with van der Waals surface area (Å²) in [5, 5.41) is 6.56. The van der Waals surface area contributed by atoms with Gasteiger partial charge in [0.15, 0.2) is 5.96 Å². The summed E-state index contributed by atoms with van der Waals surface area (Å²) in [6.45, 7) is 11.5. The smallest absolute Gasteiger partial charge is 0.191 e. The van der Waals surface area contributed by atoms with Crippen LogP contribution in [0.1, 0.15) is 25.0 Å². The van der Waals surface area contributed by atoms with E-state index in [0.717, 1.165) is 62.2 Å². The molecule has 6 nitrogen and oxygen atoms in total. The van der Waals surface area contributed by atoms with Gasteiger partial charge in [0.2, 0.25) is 0 Å². The van der Waals surface area contributed by atoms with Gasteiger partial charge in [0.05, 0.1) is 6.54 Å². The van der Waals surface area contributed by atoms with Crippen LogP contribution in [0, 0.1) is 5.82 Å². The number of halogens is 2. The highest BCUT2D eigenvalue weighted by Crippen LogP contribution is 2.15. The van der Waals surface area contributed by atoms with E-state index in [1.165, 1.54) is 12.1 Å². The number of benzene rings is 1. The first-order valence-corrected chi connectivity index (χ1v) is 10.4. The highest BCUT2D eigenvalue weighted by Gasteiger charge is 2.16. The Hall–Kier alpha value is -1.94. The lowest BCUT2D eigenvalue weighted by molar-refractivity contribution is 0.270. The van der Waals surface area contributed by atoms with E-state index in [2.05, 4.69) is 38.4 Å². The lowest BCUT2D eigenvalue weighted by Gasteiger charge is -2.34.